The van der Waals surface area contributed by atoms with E-state index in [0.29, 0.717) is 6.54 Å². The number of rotatable bonds is 6. The first-order valence-corrected chi connectivity index (χ1v) is 9.50. The van der Waals surface area contributed by atoms with Gasteiger partial charge in [0.15, 0.2) is 0 Å². The number of thiophene rings is 1. The molecule has 2 aromatic rings. The molecule has 0 aliphatic carbocycles. The fourth-order valence-electron chi connectivity index (χ4n) is 1.91. The van der Waals surface area contributed by atoms with Gasteiger partial charge in [-0.05, 0) is 53.5 Å². The number of thioether (sulfide) groups is 1. The third-order valence-electron chi connectivity index (χ3n) is 3.04. The van der Waals surface area contributed by atoms with Gasteiger partial charge in [-0.25, -0.2) is 0 Å². The van der Waals surface area contributed by atoms with Crippen LogP contribution in [-0.2, 0) is 5.75 Å². The van der Waals surface area contributed by atoms with Gasteiger partial charge in [0, 0.05) is 28.5 Å². The second-order valence-electron chi connectivity index (χ2n) is 4.83. The SMILES string of the molecule is Cc1ccc(C)c(C(=O)NCCSCc2ccc(Br)s2)c1. The Labute approximate surface area is 142 Å². The molecule has 0 aliphatic heterocycles. The Bertz CT molecular complexity index is 624. The van der Waals surface area contributed by atoms with E-state index in [2.05, 4.69) is 33.4 Å². The van der Waals surface area contributed by atoms with Crippen LogP contribution in [0.2, 0.25) is 0 Å². The van der Waals surface area contributed by atoms with E-state index in [4.69, 9.17) is 0 Å². The van der Waals surface area contributed by atoms with E-state index < -0.39 is 0 Å². The monoisotopic (exact) mass is 383 g/mol. The zero-order valence-electron chi connectivity index (χ0n) is 12.1. The molecule has 0 bridgehead atoms. The largest absolute Gasteiger partial charge is 0.351 e. The molecule has 5 heteroatoms. The summed E-state index contributed by atoms with van der Waals surface area (Å²) in [5.74, 6) is 1.94. The summed E-state index contributed by atoms with van der Waals surface area (Å²) in [5.41, 5.74) is 2.92. The van der Waals surface area contributed by atoms with Crippen molar-refractivity contribution >= 4 is 44.9 Å². The van der Waals surface area contributed by atoms with Crippen LogP contribution in [0, 0.1) is 13.8 Å². The highest BCUT2D eigenvalue weighted by atomic mass is 79.9. The predicted molar refractivity (Wildman–Crippen MR) is 96.4 cm³/mol. The van der Waals surface area contributed by atoms with Crippen LogP contribution in [0.4, 0.5) is 0 Å². The van der Waals surface area contributed by atoms with Gasteiger partial charge in [0.1, 0.15) is 0 Å². The first kappa shape index (κ1) is 16.6. The standard InChI is InChI=1S/C16H18BrNOS2/c1-11-3-4-12(2)14(9-11)16(19)18-7-8-20-10-13-5-6-15(17)21-13/h3-6,9H,7-8,10H2,1-2H3,(H,18,19). The van der Waals surface area contributed by atoms with Gasteiger partial charge in [-0.1, -0.05) is 17.7 Å². The molecule has 2 nitrogen and oxygen atoms in total. The molecule has 1 amide bonds. The molecule has 2 rings (SSSR count). The quantitative estimate of drug-likeness (QED) is 0.726. The number of aryl methyl sites for hydroxylation is 2. The van der Waals surface area contributed by atoms with Crippen LogP contribution in [0.15, 0.2) is 34.1 Å². The molecule has 0 radical (unpaired) electrons. The summed E-state index contributed by atoms with van der Waals surface area (Å²) in [4.78, 5) is 13.5. The van der Waals surface area contributed by atoms with Crippen LogP contribution in [0.25, 0.3) is 0 Å². The van der Waals surface area contributed by atoms with Crippen molar-refractivity contribution in [1.29, 1.82) is 0 Å². The fraction of sp³-hybridized carbons (Fsp3) is 0.312. The zero-order valence-corrected chi connectivity index (χ0v) is 15.3. The topological polar surface area (TPSA) is 29.1 Å². The van der Waals surface area contributed by atoms with Gasteiger partial charge < -0.3 is 5.32 Å². The fourth-order valence-corrected chi connectivity index (χ4v) is 4.37. The average Bonchev–Trinajstić information content (AvgIpc) is 2.86. The lowest BCUT2D eigenvalue weighted by Gasteiger charge is -2.08. The van der Waals surface area contributed by atoms with E-state index in [1.54, 1.807) is 11.3 Å². The van der Waals surface area contributed by atoms with Crippen LogP contribution in [0.1, 0.15) is 26.4 Å². The van der Waals surface area contributed by atoms with Crippen molar-refractivity contribution in [3.8, 4) is 0 Å². The first-order chi connectivity index (χ1) is 10.1. The van der Waals surface area contributed by atoms with E-state index in [1.165, 1.54) is 8.66 Å². The molecule has 0 unspecified atom stereocenters. The Morgan fingerprint density at radius 1 is 1.29 bits per heavy atom. The Kier molecular flexibility index (Phi) is 6.33. The minimum absolute atomic E-state index is 0.0238. The van der Waals surface area contributed by atoms with Crippen LogP contribution in [0.5, 0.6) is 0 Å². The number of carbonyl (C=O) groups excluding carboxylic acids is 1. The molecular weight excluding hydrogens is 366 g/mol. The van der Waals surface area contributed by atoms with Gasteiger partial charge in [-0.2, -0.15) is 11.8 Å². The second-order valence-corrected chi connectivity index (χ2v) is 8.49. The average molecular weight is 384 g/mol. The van der Waals surface area contributed by atoms with Crippen LogP contribution < -0.4 is 5.32 Å². The highest BCUT2D eigenvalue weighted by molar-refractivity contribution is 9.11. The smallest absolute Gasteiger partial charge is 0.251 e. The summed E-state index contributed by atoms with van der Waals surface area (Å²) < 4.78 is 1.17. The van der Waals surface area contributed by atoms with E-state index in [9.17, 15) is 4.79 Å². The number of nitrogens with one attached hydrogen (secondary N) is 1. The van der Waals surface area contributed by atoms with Gasteiger partial charge in [-0.3, -0.25) is 4.79 Å². The minimum Gasteiger partial charge on any atom is -0.351 e. The molecule has 0 saturated heterocycles. The van der Waals surface area contributed by atoms with Crippen molar-refractivity contribution in [3.05, 3.63) is 55.7 Å². The maximum absolute atomic E-state index is 12.1. The Hall–Kier alpha value is -0.780. The lowest BCUT2D eigenvalue weighted by Crippen LogP contribution is -2.26. The summed E-state index contributed by atoms with van der Waals surface area (Å²) in [5, 5.41) is 2.99. The molecule has 0 atom stereocenters. The second kappa shape index (κ2) is 8.01. The Morgan fingerprint density at radius 2 is 2.10 bits per heavy atom. The van der Waals surface area contributed by atoms with Crippen molar-refractivity contribution in [3.63, 3.8) is 0 Å². The third-order valence-corrected chi connectivity index (χ3v) is 5.86. The van der Waals surface area contributed by atoms with Crippen molar-refractivity contribution < 1.29 is 4.79 Å². The summed E-state index contributed by atoms with van der Waals surface area (Å²) in [7, 11) is 0. The van der Waals surface area contributed by atoms with E-state index in [0.717, 1.165) is 28.2 Å². The number of halogens is 1. The van der Waals surface area contributed by atoms with Gasteiger partial charge in [0.2, 0.25) is 0 Å². The van der Waals surface area contributed by atoms with Gasteiger partial charge in [-0.15, -0.1) is 11.3 Å². The summed E-state index contributed by atoms with van der Waals surface area (Å²) in [6.07, 6.45) is 0. The molecule has 0 spiro atoms. The Balaban J connectivity index is 1.73. The number of benzene rings is 1. The highest BCUT2D eigenvalue weighted by Crippen LogP contribution is 2.25. The number of carbonyl (C=O) groups is 1. The maximum Gasteiger partial charge on any atom is 0.251 e. The summed E-state index contributed by atoms with van der Waals surface area (Å²) in [6, 6.07) is 10.2. The minimum atomic E-state index is 0.0238. The molecule has 21 heavy (non-hydrogen) atoms. The molecule has 1 N–H and O–H groups in total. The van der Waals surface area contributed by atoms with Gasteiger partial charge >= 0.3 is 0 Å². The van der Waals surface area contributed by atoms with Crippen LogP contribution in [0.3, 0.4) is 0 Å². The van der Waals surface area contributed by atoms with Crippen molar-refractivity contribution in [2.75, 3.05) is 12.3 Å². The molecule has 1 aromatic carbocycles. The maximum atomic E-state index is 12.1. The lowest BCUT2D eigenvalue weighted by atomic mass is 10.1. The molecule has 0 fully saturated rings. The van der Waals surface area contributed by atoms with Gasteiger partial charge in [0.05, 0.1) is 3.79 Å². The molecule has 0 aliphatic rings. The lowest BCUT2D eigenvalue weighted by molar-refractivity contribution is 0.0955. The van der Waals surface area contributed by atoms with Crippen molar-refractivity contribution in [2.45, 2.75) is 19.6 Å². The van der Waals surface area contributed by atoms with Crippen molar-refractivity contribution in [2.24, 2.45) is 0 Å². The molecular formula is C16H18BrNOS2. The molecule has 1 heterocycles. The van der Waals surface area contributed by atoms with E-state index >= 15 is 0 Å². The van der Waals surface area contributed by atoms with Crippen LogP contribution in [-0.4, -0.2) is 18.2 Å². The summed E-state index contributed by atoms with van der Waals surface area (Å²) >= 11 is 7.06. The highest BCUT2D eigenvalue weighted by Gasteiger charge is 2.08. The van der Waals surface area contributed by atoms with E-state index in [-0.39, 0.29) is 5.91 Å². The predicted octanol–water partition coefficient (Wildman–Crippen LogP) is 4.79. The third kappa shape index (κ3) is 5.16. The number of hydrogen-bond acceptors (Lipinski definition) is 3. The van der Waals surface area contributed by atoms with Gasteiger partial charge in [0.25, 0.3) is 5.91 Å². The molecule has 0 saturated carbocycles. The number of hydrogen-bond donors (Lipinski definition) is 1. The normalized spacial score (nSPS) is 10.6. The zero-order chi connectivity index (χ0) is 15.2. The first-order valence-electron chi connectivity index (χ1n) is 6.73. The van der Waals surface area contributed by atoms with Crippen LogP contribution >= 0.6 is 39.0 Å². The van der Waals surface area contributed by atoms with Crippen molar-refractivity contribution in [1.82, 2.24) is 5.32 Å². The van der Waals surface area contributed by atoms with E-state index in [1.807, 2.05) is 43.8 Å². The Morgan fingerprint density at radius 3 is 2.81 bits per heavy atom. The molecule has 1 aromatic heterocycles. The molecule has 112 valence electrons. The number of amides is 1. The summed E-state index contributed by atoms with van der Waals surface area (Å²) in [6.45, 7) is 4.67.